The van der Waals surface area contributed by atoms with Crippen LogP contribution in [0.1, 0.15) is 6.42 Å². The van der Waals surface area contributed by atoms with Gasteiger partial charge in [-0.1, -0.05) is 29.8 Å². The molecule has 0 saturated heterocycles. The number of halogens is 2. The van der Waals surface area contributed by atoms with E-state index in [-0.39, 0.29) is 29.4 Å². The summed E-state index contributed by atoms with van der Waals surface area (Å²) in [6.45, 7) is 0.203. The van der Waals surface area contributed by atoms with Crippen molar-refractivity contribution in [3.8, 4) is 0 Å². The molecule has 0 aliphatic rings. The Hall–Kier alpha value is -2.60. The highest BCUT2D eigenvalue weighted by Gasteiger charge is 2.13. The molecule has 2 aromatic carbocycles. The molecule has 0 aliphatic carbocycles. The number of hydrogen-bond acceptors (Lipinski definition) is 2. The molecule has 1 heterocycles. The van der Waals surface area contributed by atoms with E-state index in [1.54, 1.807) is 13.1 Å². The van der Waals surface area contributed by atoms with Crippen LogP contribution in [-0.4, -0.2) is 15.0 Å². The summed E-state index contributed by atoms with van der Waals surface area (Å²) in [4.78, 5) is 24.3. The SMILES string of the molecule is Cn1c(=O)n(CCC(=O)Nc2cccc(Cl)c2F)c2ccccc21. The van der Waals surface area contributed by atoms with Crippen molar-refractivity contribution in [2.24, 2.45) is 7.05 Å². The van der Waals surface area contributed by atoms with Crippen molar-refractivity contribution in [1.82, 2.24) is 9.13 Å². The summed E-state index contributed by atoms with van der Waals surface area (Å²) < 4.78 is 16.9. The molecule has 3 aromatic rings. The van der Waals surface area contributed by atoms with Crippen LogP contribution in [0.4, 0.5) is 10.1 Å². The molecule has 1 N–H and O–H groups in total. The highest BCUT2D eigenvalue weighted by molar-refractivity contribution is 6.31. The number of benzene rings is 2. The summed E-state index contributed by atoms with van der Waals surface area (Å²) in [5, 5.41) is 2.42. The van der Waals surface area contributed by atoms with E-state index in [1.165, 1.54) is 21.3 Å². The fourth-order valence-corrected chi connectivity index (χ4v) is 2.78. The number of aromatic nitrogens is 2. The number of nitrogens with one attached hydrogen (secondary N) is 1. The lowest BCUT2D eigenvalue weighted by Crippen LogP contribution is -2.24. The van der Waals surface area contributed by atoms with Crippen LogP contribution in [0.2, 0.25) is 5.02 Å². The third-order valence-electron chi connectivity index (χ3n) is 3.84. The van der Waals surface area contributed by atoms with Gasteiger partial charge in [0.1, 0.15) is 0 Å². The molecule has 124 valence electrons. The number of anilines is 1. The predicted octanol–water partition coefficient (Wildman–Crippen LogP) is 3.16. The normalized spacial score (nSPS) is 11.0. The number of fused-ring (bicyclic) bond motifs is 1. The number of carbonyl (C=O) groups excluding carboxylic acids is 1. The predicted molar refractivity (Wildman–Crippen MR) is 91.8 cm³/mol. The molecule has 0 fully saturated rings. The van der Waals surface area contributed by atoms with Crippen LogP contribution in [0.25, 0.3) is 11.0 Å². The Morgan fingerprint density at radius 2 is 1.88 bits per heavy atom. The first-order chi connectivity index (χ1) is 11.5. The third-order valence-corrected chi connectivity index (χ3v) is 4.13. The Morgan fingerprint density at radius 1 is 1.17 bits per heavy atom. The second-order valence-electron chi connectivity index (χ2n) is 5.38. The Kier molecular flexibility index (Phi) is 4.40. The number of aryl methyl sites for hydroxylation is 2. The smallest absolute Gasteiger partial charge is 0.323 e. The first-order valence-electron chi connectivity index (χ1n) is 7.37. The van der Waals surface area contributed by atoms with Crippen LogP contribution >= 0.6 is 11.6 Å². The lowest BCUT2D eigenvalue weighted by molar-refractivity contribution is -0.116. The number of nitrogens with zero attached hydrogens (tertiary/aromatic N) is 2. The van der Waals surface area contributed by atoms with Gasteiger partial charge in [-0.25, -0.2) is 9.18 Å². The van der Waals surface area contributed by atoms with Crippen LogP contribution < -0.4 is 11.0 Å². The van der Waals surface area contributed by atoms with Crippen LogP contribution in [0.5, 0.6) is 0 Å². The molecule has 7 heteroatoms. The quantitative estimate of drug-likeness (QED) is 0.788. The van der Waals surface area contributed by atoms with E-state index in [2.05, 4.69) is 5.32 Å². The van der Waals surface area contributed by atoms with Gasteiger partial charge in [0.25, 0.3) is 0 Å². The molecular weight excluding hydrogens is 333 g/mol. The molecule has 0 saturated carbocycles. The fraction of sp³-hybridized carbons (Fsp3) is 0.176. The molecule has 5 nitrogen and oxygen atoms in total. The summed E-state index contributed by atoms with van der Waals surface area (Å²) in [7, 11) is 1.68. The van der Waals surface area contributed by atoms with E-state index in [0.717, 1.165) is 11.0 Å². The minimum atomic E-state index is -0.671. The average Bonchev–Trinajstić information content (AvgIpc) is 2.82. The van der Waals surface area contributed by atoms with Crippen LogP contribution in [0.3, 0.4) is 0 Å². The maximum atomic E-state index is 13.8. The van der Waals surface area contributed by atoms with Crippen molar-refractivity contribution in [2.45, 2.75) is 13.0 Å². The van der Waals surface area contributed by atoms with Gasteiger partial charge in [0, 0.05) is 20.0 Å². The van der Waals surface area contributed by atoms with Crippen LogP contribution in [0, 0.1) is 5.82 Å². The molecule has 3 rings (SSSR count). The zero-order valence-corrected chi connectivity index (χ0v) is 13.7. The van der Waals surface area contributed by atoms with Crippen molar-refractivity contribution >= 4 is 34.2 Å². The average molecular weight is 348 g/mol. The van der Waals surface area contributed by atoms with Crippen LogP contribution in [-0.2, 0) is 18.4 Å². The van der Waals surface area contributed by atoms with E-state index in [1.807, 2.05) is 24.3 Å². The van der Waals surface area contributed by atoms with Gasteiger partial charge in [-0.3, -0.25) is 13.9 Å². The monoisotopic (exact) mass is 347 g/mol. The molecule has 0 radical (unpaired) electrons. The van der Waals surface area contributed by atoms with Crippen molar-refractivity contribution in [1.29, 1.82) is 0 Å². The van der Waals surface area contributed by atoms with E-state index in [9.17, 15) is 14.0 Å². The summed E-state index contributed by atoms with van der Waals surface area (Å²) in [6.07, 6.45) is 0.0415. The number of rotatable bonds is 4. The second-order valence-corrected chi connectivity index (χ2v) is 5.79. The first kappa shape index (κ1) is 16.3. The molecule has 0 atom stereocenters. The standard InChI is InChI=1S/C17H15ClFN3O2/c1-21-13-7-2-3-8-14(13)22(17(21)24)10-9-15(23)20-12-6-4-5-11(18)16(12)19/h2-8H,9-10H2,1H3,(H,20,23). The summed E-state index contributed by atoms with van der Waals surface area (Å²) in [5.41, 5.74) is 1.38. The van der Waals surface area contributed by atoms with Gasteiger partial charge in [-0.2, -0.15) is 0 Å². The van der Waals surface area contributed by atoms with Gasteiger partial charge in [0.2, 0.25) is 5.91 Å². The Balaban J connectivity index is 1.77. The number of hydrogen-bond donors (Lipinski definition) is 1. The minimum absolute atomic E-state index is 0.0257. The zero-order chi connectivity index (χ0) is 17.3. The van der Waals surface area contributed by atoms with E-state index in [0.29, 0.717) is 0 Å². The molecule has 0 bridgehead atoms. The van der Waals surface area contributed by atoms with Crippen LogP contribution in [0.15, 0.2) is 47.3 Å². The Bertz CT molecular complexity index is 978. The highest BCUT2D eigenvalue weighted by atomic mass is 35.5. The van der Waals surface area contributed by atoms with Gasteiger partial charge in [0.05, 0.1) is 21.7 Å². The molecule has 24 heavy (non-hydrogen) atoms. The molecule has 1 aromatic heterocycles. The lowest BCUT2D eigenvalue weighted by Gasteiger charge is -2.08. The van der Waals surface area contributed by atoms with E-state index in [4.69, 9.17) is 11.6 Å². The lowest BCUT2D eigenvalue weighted by atomic mass is 10.3. The van der Waals surface area contributed by atoms with Gasteiger partial charge in [-0.15, -0.1) is 0 Å². The number of amides is 1. The van der Waals surface area contributed by atoms with Gasteiger partial charge >= 0.3 is 5.69 Å². The molecule has 0 aliphatic heterocycles. The summed E-state index contributed by atoms with van der Waals surface area (Å²) in [5.74, 6) is -1.06. The summed E-state index contributed by atoms with van der Waals surface area (Å²) in [6, 6.07) is 11.7. The minimum Gasteiger partial charge on any atom is -0.323 e. The summed E-state index contributed by atoms with van der Waals surface area (Å²) >= 11 is 5.68. The van der Waals surface area contributed by atoms with Gasteiger partial charge in [-0.05, 0) is 24.3 Å². The van der Waals surface area contributed by atoms with Crippen molar-refractivity contribution < 1.29 is 9.18 Å². The molecule has 0 spiro atoms. The van der Waals surface area contributed by atoms with E-state index < -0.39 is 11.7 Å². The van der Waals surface area contributed by atoms with Gasteiger partial charge < -0.3 is 5.32 Å². The molecule has 0 unspecified atom stereocenters. The maximum absolute atomic E-state index is 13.8. The first-order valence-corrected chi connectivity index (χ1v) is 7.75. The zero-order valence-electron chi connectivity index (χ0n) is 12.9. The van der Waals surface area contributed by atoms with Crippen molar-refractivity contribution in [3.63, 3.8) is 0 Å². The highest BCUT2D eigenvalue weighted by Crippen LogP contribution is 2.22. The second kappa shape index (κ2) is 6.49. The fourth-order valence-electron chi connectivity index (χ4n) is 2.61. The number of carbonyl (C=O) groups is 1. The third kappa shape index (κ3) is 2.92. The van der Waals surface area contributed by atoms with Gasteiger partial charge in [0.15, 0.2) is 5.82 Å². The Morgan fingerprint density at radius 3 is 2.62 bits per heavy atom. The molecule has 1 amide bonds. The molecular formula is C17H15ClFN3O2. The number of imidazole rings is 1. The Labute approximate surface area is 142 Å². The topological polar surface area (TPSA) is 56.0 Å². The largest absolute Gasteiger partial charge is 0.328 e. The maximum Gasteiger partial charge on any atom is 0.328 e. The van der Waals surface area contributed by atoms with E-state index >= 15 is 0 Å². The number of para-hydroxylation sites is 2. The van der Waals surface area contributed by atoms with Crippen molar-refractivity contribution in [3.05, 3.63) is 63.8 Å². The van der Waals surface area contributed by atoms with Crippen molar-refractivity contribution in [2.75, 3.05) is 5.32 Å².